The normalized spacial score (nSPS) is 20.1. The molecule has 128 valence electrons. The molecule has 1 aliphatic heterocycles. The molecule has 0 bridgehead atoms. The standard InChI is InChI=1S/C20H32N2O/c1-6-20(4,5)19(23)22-13-12-21(14-16(2)3)15-18(22)17-10-8-7-9-11-17/h7-11,16,18H,6,12-15H2,1-5H3. The second-order valence-corrected chi connectivity index (χ2v) is 7.82. The molecule has 23 heavy (non-hydrogen) atoms. The highest BCUT2D eigenvalue weighted by atomic mass is 16.2. The quantitative estimate of drug-likeness (QED) is 0.821. The van der Waals surface area contributed by atoms with Crippen LogP contribution in [0.5, 0.6) is 0 Å². The molecule has 3 nitrogen and oxygen atoms in total. The second kappa shape index (κ2) is 7.48. The van der Waals surface area contributed by atoms with Gasteiger partial charge in [0.25, 0.3) is 0 Å². The van der Waals surface area contributed by atoms with Crippen molar-refractivity contribution in [3.63, 3.8) is 0 Å². The molecular formula is C20H32N2O. The van der Waals surface area contributed by atoms with Gasteiger partial charge in [0.15, 0.2) is 0 Å². The third-order valence-electron chi connectivity index (χ3n) is 5.00. The van der Waals surface area contributed by atoms with E-state index in [1.807, 2.05) is 6.07 Å². The molecule has 1 heterocycles. The van der Waals surface area contributed by atoms with E-state index in [0.717, 1.165) is 32.6 Å². The van der Waals surface area contributed by atoms with Gasteiger partial charge in [-0.15, -0.1) is 0 Å². The first-order valence-corrected chi connectivity index (χ1v) is 8.93. The van der Waals surface area contributed by atoms with Crippen LogP contribution in [-0.4, -0.2) is 41.9 Å². The molecule has 1 unspecified atom stereocenters. The van der Waals surface area contributed by atoms with Crippen molar-refractivity contribution >= 4 is 5.91 Å². The van der Waals surface area contributed by atoms with E-state index in [1.165, 1.54) is 5.56 Å². The van der Waals surface area contributed by atoms with E-state index in [9.17, 15) is 4.79 Å². The van der Waals surface area contributed by atoms with Gasteiger partial charge in [-0.05, 0) is 17.9 Å². The summed E-state index contributed by atoms with van der Waals surface area (Å²) < 4.78 is 0. The van der Waals surface area contributed by atoms with Crippen LogP contribution in [0.25, 0.3) is 0 Å². The maximum Gasteiger partial charge on any atom is 0.228 e. The van der Waals surface area contributed by atoms with Crippen molar-refractivity contribution in [3.8, 4) is 0 Å². The molecule has 1 aromatic carbocycles. The molecule has 1 atom stereocenters. The van der Waals surface area contributed by atoms with Crippen LogP contribution < -0.4 is 0 Å². The lowest BCUT2D eigenvalue weighted by Crippen LogP contribution is -2.54. The minimum absolute atomic E-state index is 0.169. The summed E-state index contributed by atoms with van der Waals surface area (Å²) in [7, 11) is 0. The summed E-state index contributed by atoms with van der Waals surface area (Å²) >= 11 is 0. The molecule has 1 fully saturated rings. The Labute approximate surface area is 141 Å². The van der Waals surface area contributed by atoms with Crippen molar-refractivity contribution in [2.24, 2.45) is 11.3 Å². The maximum atomic E-state index is 13.1. The van der Waals surface area contributed by atoms with Gasteiger partial charge >= 0.3 is 0 Å². The Kier molecular flexibility index (Phi) is 5.85. The summed E-state index contributed by atoms with van der Waals surface area (Å²) in [6.07, 6.45) is 0.875. The zero-order valence-corrected chi connectivity index (χ0v) is 15.4. The number of hydrogen-bond acceptors (Lipinski definition) is 2. The molecule has 1 amide bonds. The first-order chi connectivity index (χ1) is 10.8. The molecule has 3 heteroatoms. The highest BCUT2D eigenvalue weighted by molar-refractivity contribution is 5.82. The molecule has 0 spiro atoms. The monoisotopic (exact) mass is 316 g/mol. The summed E-state index contributed by atoms with van der Waals surface area (Å²) in [5, 5.41) is 0. The van der Waals surface area contributed by atoms with Crippen LogP contribution in [0, 0.1) is 11.3 Å². The molecule has 0 aromatic heterocycles. The number of benzene rings is 1. The lowest BCUT2D eigenvalue weighted by atomic mass is 9.87. The molecule has 0 radical (unpaired) electrons. The number of hydrogen-bond donors (Lipinski definition) is 0. The van der Waals surface area contributed by atoms with E-state index in [4.69, 9.17) is 0 Å². The Morgan fingerprint density at radius 2 is 1.87 bits per heavy atom. The van der Waals surface area contributed by atoms with E-state index in [1.54, 1.807) is 0 Å². The van der Waals surface area contributed by atoms with Crippen LogP contribution >= 0.6 is 0 Å². The zero-order valence-electron chi connectivity index (χ0n) is 15.4. The van der Waals surface area contributed by atoms with E-state index in [0.29, 0.717) is 5.92 Å². The highest BCUT2D eigenvalue weighted by Gasteiger charge is 2.37. The Morgan fingerprint density at radius 3 is 2.43 bits per heavy atom. The second-order valence-electron chi connectivity index (χ2n) is 7.82. The fourth-order valence-corrected chi connectivity index (χ4v) is 3.27. The lowest BCUT2D eigenvalue weighted by Gasteiger charge is -2.45. The Hall–Kier alpha value is -1.35. The van der Waals surface area contributed by atoms with Gasteiger partial charge in [-0.25, -0.2) is 0 Å². The molecule has 0 saturated carbocycles. The summed E-state index contributed by atoms with van der Waals surface area (Å²) in [6.45, 7) is 14.6. The average molecular weight is 316 g/mol. The van der Waals surface area contributed by atoms with Crippen molar-refractivity contribution in [1.29, 1.82) is 0 Å². The van der Waals surface area contributed by atoms with Crippen LogP contribution in [0.2, 0.25) is 0 Å². The Bertz CT molecular complexity index is 510. The van der Waals surface area contributed by atoms with Crippen molar-refractivity contribution in [1.82, 2.24) is 9.80 Å². The van der Waals surface area contributed by atoms with E-state index >= 15 is 0 Å². The summed E-state index contributed by atoms with van der Waals surface area (Å²) in [5.74, 6) is 0.943. The van der Waals surface area contributed by atoms with Gasteiger partial charge in [-0.3, -0.25) is 9.69 Å². The first kappa shape index (κ1) is 18.0. The van der Waals surface area contributed by atoms with Gasteiger partial charge < -0.3 is 4.90 Å². The number of amides is 1. The number of rotatable bonds is 5. The van der Waals surface area contributed by atoms with Gasteiger partial charge in [0.2, 0.25) is 5.91 Å². The average Bonchev–Trinajstić information content (AvgIpc) is 2.54. The maximum absolute atomic E-state index is 13.1. The van der Waals surface area contributed by atoms with Gasteiger partial charge in [-0.2, -0.15) is 0 Å². The third-order valence-corrected chi connectivity index (χ3v) is 5.00. The zero-order chi connectivity index (χ0) is 17.0. The van der Waals surface area contributed by atoms with Gasteiger partial charge in [0.1, 0.15) is 0 Å². The molecule has 1 aliphatic rings. The smallest absolute Gasteiger partial charge is 0.228 e. The predicted octanol–water partition coefficient (Wildman–Crippen LogP) is 3.96. The Balaban J connectivity index is 2.25. The van der Waals surface area contributed by atoms with Crippen molar-refractivity contribution in [3.05, 3.63) is 35.9 Å². The molecule has 2 rings (SSSR count). The summed E-state index contributed by atoms with van der Waals surface area (Å²) in [4.78, 5) is 17.7. The van der Waals surface area contributed by atoms with Gasteiger partial charge in [0, 0.05) is 31.6 Å². The van der Waals surface area contributed by atoms with E-state index < -0.39 is 0 Å². The Morgan fingerprint density at radius 1 is 1.22 bits per heavy atom. The third kappa shape index (κ3) is 4.35. The fraction of sp³-hybridized carbons (Fsp3) is 0.650. The topological polar surface area (TPSA) is 23.6 Å². The summed E-state index contributed by atoms with van der Waals surface area (Å²) in [6, 6.07) is 10.7. The molecule has 0 N–H and O–H groups in total. The van der Waals surface area contributed by atoms with Crippen LogP contribution in [0.4, 0.5) is 0 Å². The van der Waals surface area contributed by atoms with Crippen LogP contribution in [0.1, 0.15) is 52.6 Å². The number of piperazine rings is 1. The van der Waals surface area contributed by atoms with Gasteiger partial charge in [0.05, 0.1) is 6.04 Å². The lowest BCUT2D eigenvalue weighted by molar-refractivity contribution is -0.146. The van der Waals surface area contributed by atoms with Crippen molar-refractivity contribution < 1.29 is 4.79 Å². The molecule has 0 aliphatic carbocycles. The number of nitrogens with zero attached hydrogens (tertiary/aromatic N) is 2. The minimum Gasteiger partial charge on any atom is -0.333 e. The van der Waals surface area contributed by atoms with E-state index in [-0.39, 0.29) is 17.4 Å². The van der Waals surface area contributed by atoms with E-state index in [2.05, 4.69) is 68.7 Å². The minimum atomic E-state index is -0.284. The molecular weight excluding hydrogens is 284 g/mol. The number of carbonyl (C=O) groups is 1. The summed E-state index contributed by atoms with van der Waals surface area (Å²) in [5.41, 5.74) is 0.967. The highest BCUT2D eigenvalue weighted by Crippen LogP contribution is 2.32. The van der Waals surface area contributed by atoms with Crippen molar-refractivity contribution in [2.75, 3.05) is 26.2 Å². The molecule has 1 saturated heterocycles. The van der Waals surface area contributed by atoms with Crippen LogP contribution in [0.3, 0.4) is 0 Å². The van der Waals surface area contributed by atoms with Crippen LogP contribution in [0.15, 0.2) is 30.3 Å². The largest absolute Gasteiger partial charge is 0.333 e. The van der Waals surface area contributed by atoms with Gasteiger partial charge in [-0.1, -0.05) is 65.0 Å². The predicted molar refractivity (Wildman–Crippen MR) is 96.2 cm³/mol. The van der Waals surface area contributed by atoms with Crippen molar-refractivity contribution in [2.45, 2.75) is 47.1 Å². The van der Waals surface area contributed by atoms with Crippen LogP contribution in [-0.2, 0) is 4.79 Å². The fourth-order valence-electron chi connectivity index (χ4n) is 3.27. The SMILES string of the molecule is CCC(C)(C)C(=O)N1CCN(CC(C)C)CC1c1ccccc1. The number of carbonyl (C=O) groups excluding carboxylic acids is 1. The molecule has 1 aromatic rings. The first-order valence-electron chi connectivity index (χ1n) is 8.93.